The first kappa shape index (κ1) is 19.6. The van der Waals surface area contributed by atoms with E-state index in [9.17, 15) is 0 Å². The predicted octanol–water partition coefficient (Wildman–Crippen LogP) is 2.54. The quantitative estimate of drug-likeness (QED) is 0.382. The van der Waals surface area contributed by atoms with Crippen molar-refractivity contribution in [2.75, 3.05) is 0 Å². The summed E-state index contributed by atoms with van der Waals surface area (Å²) in [6.45, 7) is 8.99. The van der Waals surface area contributed by atoms with Crippen LogP contribution in [0.15, 0.2) is 24.3 Å². The molecule has 0 aromatic heterocycles. The number of aliphatic hydroxyl groups excluding tert-OH is 1. The van der Waals surface area contributed by atoms with Gasteiger partial charge >= 0.3 is 0 Å². The summed E-state index contributed by atoms with van der Waals surface area (Å²) in [7, 11) is -0.867. The van der Waals surface area contributed by atoms with E-state index in [-0.39, 0.29) is 18.3 Å². The van der Waals surface area contributed by atoms with Gasteiger partial charge in [-0.05, 0) is 30.4 Å². The summed E-state index contributed by atoms with van der Waals surface area (Å²) in [6, 6.07) is 8.26. The first-order valence-corrected chi connectivity index (χ1v) is 12.4. The summed E-state index contributed by atoms with van der Waals surface area (Å²) < 4.78 is 11.8. The third-order valence-corrected chi connectivity index (χ3v) is 5.29. The zero-order valence-corrected chi connectivity index (χ0v) is 17.4. The molecule has 22 heavy (non-hydrogen) atoms. The van der Waals surface area contributed by atoms with Gasteiger partial charge in [-0.15, -0.1) is 0 Å². The second-order valence-corrected chi connectivity index (χ2v) is 8.23. The molecule has 126 valence electrons. The van der Waals surface area contributed by atoms with Crippen molar-refractivity contribution >= 4 is 19.5 Å². The van der Waals surface area contributed by atoms with Crippen LogP contribution in [-0.4, -0.2) is 30.9 Å². The highest BCUT2D eigenvalue weighted by atomic mass is 28.2. The summed E-state index contributed by atoms with van der Waals surface area (Å²) in [6.07, 6.45) is 4.61. The molecular weight excluding hydrogens is 308 g/mol. The van der Waals surface area contributed by atoms with Gasteiger partial charge in [0.05, 0.1) is 6.61 Å². The Morgan fingerprint density at radius 1 is 1.00 bits per heavy atom. The molecule has 0 aliphatic rings. The van der Waals surface area contributed by atoms with E-state index in [4.69, 9.17) is 14.0 Å². The topological polar surface area (TPSA) is 38.7 Å². The lowest BCUT2D eigenvalue weighted by molar-refractivity contribution is -0.0827. The van der Waals surface area contributed by atoms with E-state index in [1.54, 1.807) is 0 Å². The van der Waals surface area contributed by atoms with E-state index >= 15 is 0 Å². The van der Waals surface area contributed by atoms with E-state index in [0.717, 1.165) is 18.4 Å². The van der Waals surface area contributed by atoms with Crippen LogP contribution in [0, 0.1) is 5.41 Å². The Hall–Kier alpha value is -0.466. The van der Waals surface area contributed by atoms with Crippen LogP contribution in [0.3, 0.4) is 0 Å². The minimum Gasteiger partial charge on any atom is -0.400 e. The minimum absolute atomic E-state index is 0.00433. The maximum absolute atomic E-state index is 9.05. The van der Waals surface area contributed by atoms with Gasteiger partial charge in [-0.1, -0.05) is 57.6 Å². The molecule has 0 bridgehead atoms. The van der Waals surface area contributed by atoms with Crippen molar-refractivity contribution < 1.29 is 14.0 Å². The summed E-state index contributed by atoms with van der Waals surface area (Å²) in [5.74, 6) is 0. The van der Waals surface area contributed by atoms with E-state index in [1.165, 1.54) is 18.4 Å². The van der Waals surface area contributed by atoms with Crippen molar-refractivity contribution in [2.24, 2.45) is 5.41 Å². The minimum atomic E-state index is -0.433. The molecule has 0 saturated heterocycles. The van der Waals surface area contributed by atoms with E-state index in [1.807, 2.05) is 12.1 Å². The normalized spacial score (nSPS) is 14.4. The van der Waals surface area contributed by atoms with Gasteiger partial charge in [0.25, 0.3) is 0 Å². The molecule has 3 nitrogen and oxygen atoms in total. The predicted molar refractivity (Wildman–Crippen MR) is 98.5 cm³/mol. The van der Waals surface area contributed by atoms with Crippen LogP contribution in [0.2, 0.25) is 13.1 Å². The van der Waals surface area contributed by atoms with E-state index < -0.39 is 19.5 Å². The summed E-state index contributed by atoms with van der Waals surface area (Å²) >= 11 is 0. The second kappa shape index (κ2) is 10.3. The third-order valence-electron chi connectivity index (χ3n) is 4.02. The van der Waals surface area contributed by atoms with Crippen LogP contribution < -0.4 is 0 Å². The smallest absolute Gasteiger partial charge is 0.161 e. The van der Waals surface area contributed by atoms with Crippen molar-refractivity contribution in [3.63, 3.8) is 0 Å². The molecular formula is C17H32O3Si2. The lowest BCUT2D eigenvalue weighted by Crippen LogP contribution is -2.36. The number of benzene rings is 1. The zero-order valence-electron chi connectivity index (χ0n) is 14.6. The van der Waals surface area contributed by atoms with Crippen LogP contribution in [0.5, 0.6) is 0 Å². The number of unbranched alkanes of at least 4 members (excludes halogenated alkanes) is 1. The molecule has 0 aliphatic heterocycles. The Bertz CT molecular complexity index is 401. The number of aliphatic hydroxyl groups is 1. The fourth-order valence-corrected chi connectivity index (χ4v) is 4.53. The van der Waals surface area contributed by atoms with Crippen LogP contribution in [0.4, 0.5) is 0 Å². The molecule has 1 aromatic rings. The molecule has 0 unspecified atom stereocenters. The van der Waals surface area contributed by atoms with Gasteiger partial charge < -0.3 is 14.0 Å². The zero-order chi connectivity index (χ0) is 16.4. The largest absolute Gasteiger partial charge is 0.400 e. The maximum Gasteiger partial charge on any atom is 0.161 e. The molecule has 0 fully saturated rings. The van der Waals surface area contributed by atoms with Crippen molar-refractivity contribution in [1.29, 1.82) is 0 Å². The van der Waals surface area contributed by atoms with Crippen LogP contribution in [0.1, 0.15) is 44.2 Å². The molecule has 0 spiro atoms. The molecule has 0 saturated carbocycles. The van der Waals surface area contributed by atoms with Gasteiger partial charge in [-0.25, -0.2) is 0 Å². The van der Waals surface area contributed by atoms with Crippen LogP contribution >= 0.6 is 0 Å². The Kier molecular flexibility index (Phi) is 9.20. The van der Waals surface area contributed by atoms with Crippen molar-refractivity contribution in [2.45, 2.75) is 65.5 Å². The molecule has 0 heterocycles. The molecule has 0 amide bonds. The average Bonchev–Trinajstić information content (AvgIpc) is 2.52. The van der Waals surface area contributed by atoms with Crippen molar-refractivity contribution in [3.8, 4) is 0 Å². The van der Waals surface area contributed by atoms with Crippen molar-refractivity contribution in [1.82, 2.24) is 0 Å². The summed E-state index contributed by atoms with van der Waals surface area (Å²) in [5.41, 5.74) is 2.43. The Morgan fingerprint density at radius 2 is 1.55 bits per heavy atom. The molecule has 1 N–H and O–H groups in total. The Balaban J connectivity index is 2.37. The monoisotopic (exact) mass is 340 g/mol. The van der Waals surface area contributed by atoms with Gasteiger partial charge in [-0.2, -0.15) is 0 Å². The van der Waals surface area contributed by atoms with Crippen LogP contribution in [0.25, 0.3) is 0 Å². The fraction of sp³-hybridized carbons (Fsp3) is 0.647. The number of hydrogen-bond acceptors (Lipinski definition) is 3. The molecule has 0 radical (unpaired) electrons. The molecule has 0 aliphatic carbocycles. The molecule has 1 rings (SSSR count). The maximum atomic E-state index is 9.05. The second-order valence-electron chi connectivity index (χ2n) is 6.41. The number of hydrogen-bond donors (Lipinski definition) is 1. The molecule has 1 aromatic carbocycles. The van der Waals surface area contributed by atoms with Gasteiger partial charge in [0, 0.05) is 5.41 Å². The molecule has 0 atom stereocenters. The highest BCUT2D eigenvalue weighted by Gasteiger charge is 2.29. The first-order chi connectivity index (χ1) is 10.5. The van der Waals surface area contributed by atoms with Crippen LogP contribution in [-0.2, 0) is 21.9 Å². The lowest BCUT2D eigenvalue weighted by Gasteiger charge is -2.34. The number of rotatable bonds is 11. The van der Waals surface area contributed by atoms with Gasteiger partial charge in [-0.3, -0.25) is 0 Å². The standard InChI is InChI=1S/C17H32O3Si2/c1-17(2,16(19-21-3)20-22-4)12-6-5-7-14-8-10-15(13-18)11-9-14/h8-11,16,18H,5-7,12-13,21-22H2,1-4H3. The molecule has 5 heteroatoms. The fourth-order valence-electron chi connectivity index (χ4n) is 2.64. The summed E-state index contributed by atoms with van der Waals surface area (Å²) in [4.78, 5) is 0. The third kappa shape index (κ3) is 6.75. The summed E-state index contributed by atoms with van der Waals surface area (Å²) in [5, 5.41) is 9.05. The van der Waals surface area contributed by atoms with Gasteiger partial charge in [0.1, 0.15) is 6.29 Å². The highest BCUT2D eigenvalue weighted by molar-refractivity contribution is 6.26. The van der Waals surface area contributed by atoms with Gasteiger partial charge in [0.15, 0.2) is 19.5 Å². The van der Waals surface area contributed by atoms with E-state index in [0.29, 0.717) is 0 Å². The van der Waals surface area contributed by atoms with Crippen molar-refractivity contribution in [3.05, 3.63) is 35.4 Å². The highest BCUT2D eigenvalue weighted by Crippen LogP contribution is 2.30. The van der Waals surface area contributed by atoms with Gasteiger partial charge in [0.2, 0.25) is 0 Å². The van der Waals surface area contributed by atoms with E-state index in [2.05, 4.69) is 39.1 Å². The Labute approximate surface area is 140 Å². The number of aryl methyl sites for hydroxylation is 1. The SMILES string of the molecule is C[SiH2]OC(O[SiH2]C)C(C)(C)CCCCc1ccc(CO)cc1. The Morgan fingerprint density at radius 3 is 2.05 bits per heavy atom. The average molecular weight is 341 g/mol. The lowest BCUT2D eigenvalue weighted by atomic mass is 9.86. The first-order valence-electron chi connectivity index (χ1n) is 8.45.